The Morgan fingerprint density at radius 2 is 2.11 bits per heavy atom. The standard InChI is InChI=1S/C13H8N2O4/c16-13(11-5-2-6-19-11)9-7-14-12-8(9)3-1-4-10(12)15(17)18/h1-7,14H. The Labute approximate surface area is 106 Å². The molecule has 2 aromatic heterocycles. The number of rotatable bonds is 3. The molecule has 0 radical (unpaired) electrons. The molecule has 3 aromatic rings. The summed E-state index contributed by atoms with van der Waals surface area (Å²) in [5, 5.41) is 11.4. The van der Waals surface area contributed by atoms with Crippen LogP contribution in [0.3, 0.4) is 0 Å². The number of aromatic nitrogens is 1. The first kappa shape index (κ1) is 11.2. The molecule has 0 amide bonds. The van der Waals surface area contributed by atoms with Crippen LogP contribution in [-0.4, -0.2) is 15.7 Å². The molecule has 6 heteroatoms. The van der Waals surface area contributed by atoms with Gasteiger partial charge in [-0.05, 0) is 12.1 Å². The van der Waals surface area contributed by atoms with Crippen molar-refractivity contribution in [2.24, 2.45) is 0 Å². The van der Waals surface area contributed by atoms with Gasteiger partial charge in [0.15, 0.2) is 5.76 Å². The fourth-order valence-corrected chi connectivity index (χ4v) is 2.02. The normalized spacial score (nSPS) is 10.7. The molecule has 0 atom stereocenters. The van der Waals surface area contributed by atoms with Crippen molar-refractivity contribution in [2.45, 2.75) is 0 Å². The third-order valence-corrected chi connectivity index (χ3v) is 2.88. The van der Waals surface area contributed by atoms with E-state index in [9.17, 15) is 14.9 Å². The molecular formula is C13H8N2O4. The number of carbonyl (C=O) groups excluding carboxylic acids is 1. The number of hydrogen-bond acceptors (Lipinski definition) is 4. The molecule has 19 heavy (non-hydrogen) atoms. The van der Waals surface area contributed by atoms with Gasteiger partial charge in [-0.3, -0.25) is 14.9 Å². The van der Waals surface area contributed by atoms with Gasteiger partial charge < -0.3 is 9.40 Å². The Morgan fingerprint density at radius 3 is 2.79 bits per heavy atom. The van der Waals surface area contributed by atoms with Crippen molar-refractivity contribution in [1.82, 2.24) is 4.98 Å². The van der Waals surface area contributed by atoms with E-state index >= 15 is 0 Å². The molecular weight excluding hydrogens is 248 g/mol. The zero-order valence-electron chi connectivity index (χ0n) is 9.62. The number of hydrogen-bond donors (Lipinski definition) is 1. The maximum Gasteiger partial charge on any atom is 0.293 e. The highest BCUT2D eigenvalue weighted by Crippen LogP contribution is 2.28. The third kappa shape index (κ3) is 1.70. The zero-order valence-corrected chi connectivity index (χ0v) is 9.62. The Bertz CT molecular complexity index is 771. The molecule has 0 aliphatic carbocycles. The van der Waals surface area contributed by atoms with Crippen LogP contribution in [-0.2, 0) is 0 Å². The monoisotopic (exact) mass is 256 g/mol. The van der Waals surface area contributed by atoms with Crippen molar-refractivity contribution in [3.63, 3.8) is 0 Å². The van der Waals surface area contributed by atoms with E-state index in [0.29, 0.717) is 16.5 Å². The Morgan fingerprint density at radius 1 is 1.26 bits per heavy atom. The second-order valence-electron chi connectivity index (χ2n) is 3.97. The second-order valence-corrected chi connectivity index (χ2v) is 3.97. The minimum atomic E-state index is -0.486. The molecule has 94 valence electrons. The lowest BCUT2D eigenvalue weighted by Gasteiger charge is -1.96. The van der Waals surface area contributed by atoms with E-state index < -0.39 is 4.92 Å². The molecule has 1 N–H and O–H groups in total. The molecule has 6 nitrogen and oxygen atoms in total. The summed E-state index contributed by atoms with van der Waals surface area (Å²) < 4.78 is 5.05. The van der Waals surface area contributed by atoms with Crippen LogP contribution in [0.4, 0.5) is 5.69 Å². The van der Waals surface area contributed by atoms with Crippen LogP contribution in [0.2, 0.25) is 0 Å². The summed E-state index contributed by atoms with van der Waals surface area (Å²) >= 11 is 0. The number of ketones is 1. The lowest BCUT2D eigenvalue weighted by molar-refractivity contribution is -0.383. The topological polar surface area (TPSA) is 89.1 Å². The van der Waals surface area contributed by atoms with Gasteiger partial charge in [0.1, 0.15) is 5.52 Å². The first-order chi connectivity index (χ1) is 9.18. The SMILES string of the molecule is O=C(c1ccco1)c1c[nH]c2c([N+](=O)[O-])cccc12. The van der Waals surface area contributed by atoms with Gasteiger partial charge in [0.25, 0.3) is 5.69 Å². The fourth-order valence-electron chi connectivity index (χ4n) is 2.02. The largest absolute Gasteiger partial charge is 0.461 e. The van der Waals surface area contributed by atoms with E-state index in [1.165, 1.54) is 18.5 Å². The minimum Gasteiger partial charge on any atom is -0.461 e. The number of fused-ring (bicyclic) bond motifs is 1. The van der Waals surface area contributed by atoms with Crippen LogP contribution < -0.4 is 0 Å². The van der Waals surface area contributed by atoms with Gasteiger partial charge in [-0.2, -0.15) is 0 Å². The zero-order chi connectivity index (χ0) is 13.4. The predicted octanol–water partition coefficient (Wildman–Crippen LogP) is 2.90. The maximum absolute atomic E-state index is 12.2. The summed E-state index contributed by atoms with van der Waals surface area (Å²) in [5.41, 5.74) is 0.632. The average molecular weight is 256 g/mol. The summed E-state index contributed by atoms with van der Waals surface area (Å²) in [5.74, 6) is -0.107. The maximum atomic E-state index is 12.2. The van der Waals surface area contributed by atoms with Gasteiger partial charge in [-0.1, -0.05) is 12.1 Å². The van der Waals surface area contributed by atoms with Gasteiger partial charge in [0.2, 0.25) is 5.78 Å². The lowest BCUT2D eigenvalue weighted by Crippen LogP contribution is -1.98. The van der Waals surface area contributed by atoms with Crippen molar-refractivity contribution in [3.8, 4) is 0 Å². The highest BCUT2D eigenvalue weighted by atomic mass is 16.6. The van der Waals surface area contributed by atoms with Crippen molar-refractivity contribution in [2.75, 3.05) is 0 Å². The summed E-state index contributed by atoms with van der Waals surface area (Å²) in [7, 11) is 0. The van der Waals surface area contributed by atoms with Crippen molar-refractivity contribution in [3.05, 3.63) is 64.2 Å². The van der Waals surface area contributed by atoms with Crippen LogP contribution >= 0.6 is 0 Å². The first-order valence-electron chi connectivity index (χ1n) is 5.51. The van der Waals surface area contributed by atoms with Crippen molar-refractivity contribution < 1.29 is 14.1 Å². The number of carbonyl (C=O) groups is 1. The summed E-state index contributed by atoms with van der Waals surface area (Å²) in [6.45, 7) is 0. The smallest absolute Gasteiger partial charge is 0.293 e. The molecule has 0 fully saturated rings. The summed E-state index contributed by atoms with van der Waals surface area (Å²) in [6, 6.07) is 7.77. The Balaban J connectivity index is 2.19. The molecule has 0 aliphatic rings. The lowest BCUT2D eigenvalue weighted by atomic mass is 10.1. The second kappa shape index (κ2) is 4.09. The summed E-state index contributed by atoms with van der Waals surface area (Å²) in [6.07, 6.45) is 2.87. The van der Waals surface area contributed by atoms with Crippen molar-refractivity contribution in [1.29, 1.82) is 0 Å². The van der Waals surface area contributed by atoms with Crippen LogP contribution in [0.1, 0.15) is 16.1 Å². The molecule has 0 spiro atoms. The quantitative estimate of drug-likeness (QED) is 0.443. The molecule has 0 aliphatic heterocycles. The van der Waals surface area contributed by atoms with Gasteiger partial charge >= 0.3 is 0 Å². The number of aromatic amines is 1. The number of nitrogens with zero attached hydrogens (tertiary/aromatic N) is 1. The van der Waals surface area contributed by atoms with E-state index in [2.05, 4.69) is 4.98 Å². The highest BCUT2D eigenvalue weighted by molar-refractivity contribution is 6.16. The predicted molar refractivity (Wildman–Crippen MR) is 67.1 cm³/mol. The molecule has 0 bridgehead atoms. The molecule has 0 unspecified atom stereocenters. The minimum absolute atomic E-state index is 0.0593. The number of furan rings is 1. The van der Waals surface area contributed by atoms with E-state index in [-0.39, 0.29) is 17.2 Å². The van der Waals surface area contributed by atoms with Gasteiger partial charge in [0.05, 0.1) is 16.7 Å². The molecule has 3 rings (SSSR count). The van der Waals surface area contributed by atoms with Crippen LogP contribution in [0.15, 0.2) is 47.2 Å². The fraction of sp³-hybridized carbons (Fsp3) is 0. The molecule has 2 heterocycles. The van der Waals surface area contributed by atoms with Crippen LogP contribution in [0.5, 0.6) is 0 Å². The number of para-hydroxylation sites is 1. The third-order valence-electron chi connectivity index (χ3n) is 2.88. The number of nitro groups is 1. The Hall–Kier alpha value is -2.89. The molecule has 1 aromatic carbocycles. The van der Waals surface area contributed by atoms with Gasteiger partial charge in [-0.15, -0.1) is 0 Å². The van der Waals surface area contributed by atoms with E-state index in [4.69, 9.17) is 4.42 Å². The van der Waals surface area contributed by atoms with E-state index in [1.54, 1.807) is 24.3 Å². The number of H-pyrrole nitrogens is 1. The molecule has 0 saturated heterocycles. The van der Waals surface area contributed by atoms with Crippen LogP contribution in [0, 0.1) is 10.1 Å². The van der Waals surface area contributed by atoms with E-state index in [1.807, 2.05) is 0 Å². The Kier molecular flexibility index (Phi) is 2.42. The molecule has 0 saturated carbocycles. The van der Waals surface area contributed by atoms with Crippen molar-refractivity contribution >= 4 is 22.4 Å². The first-order valence-corrected chi connectivity index (χ1v) is 5.51. The van der Waals surface area contributed by atoms with Gasteiger partial charge in [0, 0.05) is 17.6 Å². The number of nitro benzene ring substituents is 1. The number of nitrogens with one attached hydrogen (secondary N) is 1. The average Bonchev–Trinajstić information content (AvgIpc) is 3.06. The number of non-ortho nitro benzene ring substituents is 1. The highest BCUT2D eigenvalue weighted by Gasteiger charge is 2.20. The van der Waals surface area contributed by atoms with E-state index in [0.717, 1.165) is 0 Å². The number of benzene rings is 1. The van der Waals surface area contributed by atoms with Crippen LogP contribution in [0.25, 0.3) is 10.9 Å². The van der Waals surface area contributed by atoms with Gasteiger partial charge in [-0.25, -0.2) is 0 Å². The summed E-state index contributed by atoms with van der Waals surface area (Å²) in [4.78, 5) is 25.4.